The summed E-state index contributed by atoms with van der Waals surface area (Å²) in [4.78, 5) is 0. The van der Waals surface area contributed by atoms with Crippen molar-refractivity contribution in [1.82, 2.24) is 0 Å². The minimum atomic E-state index is -0.958. The van der Waals surface area contributed by atoms with Crippen LogP contribution in [0.3, 0.4) is 0 Å². The van der Waals surface area contributed by atoms with Crippen molar-refractivity contribution in [2.75, 3.05) is 0 Å². The molecule has 1 heteroatoms. The van der Waals surface area contributed by atoms with E-state index in [1.807, 2.05) is 0 Å². The fraction of sp³-hybridized carbons (Fsp3) is 0. The zero-order valence-electron chi connectivity index (χ0n) is 50.5. The molecule has 0 amide bonds. The number of hydrogen-bond donors (Lipinski definition) is 0. The van der Waals surface area contributed by atoms with Crippen LogP contribution in [-0.2, 0) is 0 Å². The Balaban J connectivity index is 1.48. The van der Waals surface area contributed by atoms with Crippen molar-refractivity contribution in [3.63, 3.8) is 0 Å². The molecule has 0 unspecified atom stereocenters. The van der Waals surface area contributed by atoms with Gasteiger partial charge in [-0.25, -0.2) is 0 Å². The molecular formula is C46H28O. The third-order valence-corrected chi connectivity index (χ3v) is 7.82. The van der Waals surface area contributed by atoms with E-state index in [4.69, 9.17) is 26.3 Å². The van der Waals surface area contributed by atoms with Crippen LogP contribution in [0.15, 0.2) is 174 Å². The van der Waals surface area contributed by atoms with E-state index in [-0.39, 0.29) is 0 Å². The zero-order chi connectivity index (χ0) is 54.4. The monoisotopic (exact) mass is 623 g/mol. The highest BCUT2D eigenvalue weighted by atomic mass is 16.3. The SMILES string of the molecule is [2H]c1cc(-c2c3c([2H])c([2H])c([2H])c([2H])c3c(-c3c([2H])c([2H])c4c([2H])c([2H])c([2H])c([2H])c4c3[2H])c3c([2H])c([2H])c([2H])c([2H])c23)c([2H])c(-c2c([2H])c([2H])c([2H])c3oc4c5c([2H])c([2H])c([2H])c([2H])c5c([2H])c([2H])c4c23)c1[2H]. The number of benzene rings is 9. The molecule has 1 nitrogen and oxygen atoms in total. The first kappa shape index (κ1) is 11.0. The molecule has 9 aromatic carbocycles. The molecule has 0 N–H and O–H groups in total. The van der Waals surface area contributed by atoms with Crippen molar-refractivity contribution in [3.05, 3.63) is 169 Å². The second-order valence-corrected chi connectivity index (χ2v) is 10.3. The Hall–Kier alpha value is -6.18. The summed E-state index contributed by atoms with van der Waals surface area (Å²) in [5.41, 5.74) is -5.14. The molecule has 0 aliphatic heterocycles. The highest BCUT2D eigenvalue weighted by Gasteiger charge is 2.19. The fourth-order valence-electron chi connectivity index (χ4n) is 5.85. The van der Waals surface area contributed by atoms with Crippen LogP contribution < -0.4 is 0 Å². The Morgan fingerprint density at radius 3 is 1.74 bits per heavy atom. The lowest BCUT2D eigenvalue weighted by Gasteiger charge is -2.18. The van der Waals surface area contributed by atoms with Crippen molar-refractivity contribution in [3.8, 4) is 33.4 Å². The standard InChI is InChI=1S/C46H28O/c1-2-13-31-27-34(24-23-29(31)11-1)44-39-19-7-5-17-37(39)43(38-18-6-8-20-40(38)44)33-15-9-14-32(28-33)35-21-10-22-42-45(35)41-26-25-30-12-3-4-16-36(30)46(41)47-42/h1-28H/i1D,2D,3D,4D,5D,6D,7D,8D,9D,10D,11D,12D,13D,14D,16D,17D,18D,19D,20D,21D,22D,23D,24D,25D,26D,27D,28D. The molecule has 0 spiro atoms. The minimum absolute atomic E-state index is 0.420. The molecule has 10 rings (SSSR count). The van der Waals surface area contributed by atoms with Crippen LogP contribution in [0.25, 0.3) is 98.4 Å². The van der Waals surface area contributed by atoms with Gasteiger partial charge in [-0.3, -0.25) is 0 Å². The third-order valence-electron chi connectivity index (χ3n) is 7.82. The normalized spacial score (nSPS) is 19.9. The van der Waals surface area contributed by atoms with E-state index >= 15 is 0 Å². The molecule has 0 saturated carbocycles. The predicted octanol–water partition coefficient (Wildman–Crippen LogP) is 13.2. The summed E-state index contributed by atoms with van der Waals surface area (Å²) in [5, 5.41) is -5.66. The van der Waals surface area contributed by atoms with Crippen molar-refractivity contribution in [2.45, 2.75) is 0 Å². The molecule has 0 fully saturated rings. The third kappa shape index (κ3) is 3.97. The minimum Gasteiger partial charge on any atom is -0.455 e. The van der Waals surface area contributed by atoms with E-state index in [1.165, 1.54) is 0 Å². The topological polar surface area (TPSA) is 13.1 Å². The predicted molar refractivity (Wildman–Crippen MR) is 200 cm³/mol. The van der Waals surface area contributed by atoms with Gasteiger partial charge >= 0.3 is 0 Å². The van der Waals surface area contributed by atoms with Gasteiger partial charge in [0.1, 0.15) is 11.2 Å². The van der Waals surface area contributed by atoms with E-state index in [0.717, 1.165) is 6.07 Å². The van der Waals surface area contributed by atoms with Gasteiger partial charge in [0, 0.05) is 16.2 Å². The first-order valence-electron chi connectivity index (χ1n) is 27.5. The van der Waals surface area contributed by atoms with Gasteiger partial charge in [0.25, 0.3) is 0 Å². The number of hydrogen-bond acceptors (Lipinski definition) is 1. The maximum atomic E-state index is 9.98. The molecule has 218 valence electrons. The van der Waals surface area contributed by atoms with Crippen LogP contribution in [0.5, 0.6) is 0 Å². The molecular weight excluding hydrogens is 569 g/mol. The highest BCUT2D eigenvalue weighted by molar-refractivity contribution is 6.22. The van der Waals surface area contributed by atoms with Gasteiger partial charge in [-0.15, -0.1) is 0 Å². The Kier molecular flexibility index (Phi) is 2.37. The Bertz CT molecular complexity index is 4310. The molecule has 0 bridgehead atoms. The van der Waals surface area contributed by atoms with E-state index in [0.29, 0.717) is 0 Å². The van der Waals surface area contributed by atoms with Crippen LogP contribution in [0, 0.1) is 0 Å². The van der Waals surface area contributed by atoms with Gasteiger partial charge < -0.3 is 4.42 Å². The van der Waals surface area contributed by atoms with Gasteiger partial charge in [0.05, 0.1) is 37.0 Å². The molecule has 10 aromatic rings. The van der Waals surface area contributed by atoms with E-state index in [1.54, 1.807) is 0 Å². The maximum Gasteiger partial charge on any atom is 0.143 e. The average molecular weight is 624 g/mol. The highest BCUT2D eigenvalue weighted by Crippen LogP contribution is 2.45. The molecule has 47 heavy (non-hydrogen) atoms. The molecule has 1 heterocycles. The van der Waals surface area contributed by atoms with Gasteiger partial charge in [0.2, 0.25) is 0 Å². The summed E-state index contributed by atoms with van der Waals surface area (Å²) in [6, 6.07) is -22.4. The van der Waals surface area contributed by atoms with Crippen LogP contribution in [-0.4, -0.2) is 0 Å². The Labute approximate surface area is 309 Å². The van der Waals surface area contributed by atoms with Crippen LogP contribution in [0.2, 0.25) is 0 Å². The number of furan rings is 1. The summed E-state index contributed by atoms with van der Waals surface area (Å²) in [7, 11) is 0. The smallest absolute Gasteiger partial charge is 0.143 e. The first-order chi connectivity index (χ1) is 34.6. The van der Waals surface area contributed by atoms with Crippen LogP contribution in [0.4, 0.5) is 0 Å². The second-order valence-electron chi connectivity index (χ2n) is 10.3. The molecule has 0 radical (unpaired) electrons. The number of rotatable bonds is 3. The van der Waals surface area contributed by atoms with Crippen molar-refractivity contribution in [2.24, 2.45) is 0 Å². The summed E-state index contributed by atoms with van der Waals surface area (Å²) in [6.07, 6.45) is 0. The summed E-state index contributed by atoms with van der Waals surface area (Å²) >= 11 is 0. The quantitative estimate of drug-likeness (QED) is 0.178. The van der Waals surface area contributed by atoms with Crippen molar-refractivity contribution in [1.29, 1.82) is 0 Å². The van der Waals surface area contributed by atoms with Crippen LogP contribution >= 0.6 is 0 Å². The molecule has 0 aliphatic carbocycles. The summed E-state index contributed by atoms with van der Waals surface area (Å²) in [5.74, 6) is 0. The van der Waals surface area contributed by atoms with Crippen molar-refractivity contribution >= 4 is 65.0 Å². The van der Waals surface area contributed by atoms with E-state index in [2.05, 4.69) is 0 Å². The lowest BCUT2D eigenvalue weighted by Crippen LogP contribution is -1.91. The second kappa shape index (κ2) is 10.2. The zero-order valence-corrected chi connectivity index (χ0v) is 23.5. The fourth-order valence-corrected chi connectivity index (χ4v) is 5.85. The molecule has 0 saturated heterocycles. The van der Waals surface area contributed by atoms with Gasteiger partial charge in [0.15, 0.2) is 0 Å². The van der Waals surface area contributed by atoms with Gasteiger partial charge in [-0.05, 0) is 95.3 Å². The Morgan fingerprint density at radius 1 is 0.383 bits per heavy atom. The molecule has 1 aromatic heterocycles. The van der Waals surface area contributed by atoms with E-state index in [9.17, 15) is 15.1 Å². The van der Waals surface area contributed by atoms with Crippen LogP contribution in [0.1, 0.15) is 37.0 Å². The average Bonchev–Trinajstić information content (AvgIpc) is 3.77. The summed E-state index contributed by atoms with van der Waals surface area (Å²) in [6.45, 7) is 0. The van der Waals surface area contributed by atoms with Crippen molar-refractivity contribution < 1.29 is 41.4 Å². The van der Waals surface area contributed by atoms with Gasteiger partial charge in [-0.2, -0.15) is 0 Å². The molecule has 0 aliphatic rings. The number of fused-ring (bicyclic) bond motifs is 8. The summed E-state index contributed by atoms with van der Waals surface area (Å²) < 4.78 is 249. The van der Waals surface area contributed by atoms with E-state index < -0.39 is 262 Å². The Morgan fingerprint density at radius 2 is 1.00 bits per heavy atom. The lowest BCUT2D eigenvalue weighted by atomic mass is 9.85. The lowest BCUT2D eigenvalue weighted by molar-refractivity contribution is 0.673. The maximum absolute atomic E-state index is 9.98. The largest absolute Gasteiger partial charge is 0.455 e. The first-order valence-corrected chi connectivity index (χ1v) is 14.0. The van der Waals surface area contributed by atoms with Gasteiger partial charge in [-0.1, -0.05) is 145 Å². The molecule has 0 atom stereocenters.